The Morgan fingerprint density at radius 2 is 2.15 bits per heavy atom. The van der Waals surface area contributed by atoms with Crippen molar-refractivity contribution in [1.29, 1.82) is 0 Å². The fraction of sp³-hybridized carbons (Fsp3) is 0.222. The lowest BCUT2D eigenvalue weighted by Gasteiger charge is -2.02. The molecule has 2 aromatic heterocycles. The van der Waals surface area contributed by atoms with E-state index in [1.807, 2.05) is 6.92 Å². The van der Waals surface area contributed by atoms with Crippen molar-refractivity contribution in [1.82, 2.24) is 10.2 Å². The summed E-state index contributed by atoms with van der Waals surface area (Å²) < 4.78 is 26.8. The van der Waals surface area contributed by atoms with E-state index in [1.165, 1.54) is 0 Å². The minimum absolute atomic E-state index is 0.0660. The summed E-state index contributed by atoms with van der Waals surface area (Å²) in [6.07, 6.45) is 0.657. The first-order valence-corrected chi connectivity index (χ1v) is 9.12. The van der Waals surface area contributed by atoms with E-state index in [9.17, 15) is 13.2 Å². The molecule has 0 aromatic carbocycles. The molecule has 2 rings (SSSR count). The number of sulfonamides is 1. The summed E-state index contributed by atoms with van der Waals surface area (Å²) in [4.78, 5) is 10.7. The Hall–Kier alpha value is -1.04. The summed E-state index contributed by atoms with van der Waals surface area (Å²) in [6, 6.07) is 1.10. The predicted octanol–water partition coefficient (Wildman–Crippen LogP) is 2.42. The Morgan fingerprint density at radius 1 is 1.45 bits per heavy atom. The predicted molar refractivity (Wildman–Crippen MR) is 79.1 cm³/mol. The number of carboxylic acids is 1. The number of rotatable bonds is 5. The molecule has 0 saturated carbocycles. The second kappa shape index (κ2) is 5.76. The zero-order valence-electron chi connectivity index (χ0n) is 9.95. The summed E-state index contributed by atoms with van der Waals surface area (Å²) in [5.74, 6) is -1.18. The van der Waals surface area contributed by atoms with Crippen LogP contribution in [0.1, 0.15) is 21.6 Å². The van der Waals surface area contributed by atoms with Gasteiger partial charge < -0.3 is 5.11 Å². The molecule has 0 aliphatic carbocycles. The monoisotopic (exact) mass is 397 g/mol. The molecular formula is C9H8BrN3O4S3. The second-order valence-electron chi connectivity index (χ2n) is 3.51. The highest BCUT2D eigenvalue weighted by Crippen LogP contribution is 2.33. The summed E-state index contributed by atoms with van der Waals surface area (Å²) in [6.45, 7) is 1.88. The van der Waals surface area contributed by atoms with Crippen LogP contribution in [-0.4, -0.2) is 29.7 Å². The van der Waals surface area contributed by atoms with Crippen molar-refractivity contribution in [3.05, 3.63) is 19.7 Å². The summed E-state index contributed by atoms with van der Waals surface area (Å²) in [5, 5.41) is 17.3. The number of hydrogen-bond acceptors (Lipinski definition) is 7. The molecule has 2 N–H and O–H groups in total. The normalized spacial score (nSPS) is 11.5. The maximum atomic E-state index is 12.2. The topological polar surface area (TPSA) is 109 Å². The highest BCUT2D eigenvalue weighted by atomic mass is 79.9. The molecule has 0 bridgehead atoms. The molecule has 0 atom stereocenters. The maximum Gasteiger partial charge on any atom is 0.345 e. The van der Waals surface area contributed by atoms with E-state index >= 15 is 0 Å². The molecule has 2 aromatic rings. The number of aryl methyl sites for hydroxylation is 1. The number of nitrogens with zero attached hydrogens (tertiary/aromatic N) is 2. The van der Waals surface area contributed by atoms with Gasteiger partial charge in [0.05, 0.1) is 3.79 Å². The first kappa shape index (κ1) is 15.4. The third-order valence-corrected chi connectivity index (χ3v) is 6.84. The van der Waals surface area contributed by atoms with Crippen LogP contribution in [0.15, 0.2) is 14.7 Å². The molecule has 0 radical (unpaired) electrons. The smallest absolute Gasteiger partial charge is 0.345 e. The maximum absolute atomic E-state index is 12.2. The van der Waals surface area contributed by atoms with Gasteiger partial charge in [0.25, 0.3) is 10.0 Å². The highest BCUT2D eigenvalue weighted by Gasteiger charge is 2.24. The lowest BCUT2D eigenvalue weighted by molar-refractivity contribution is 0.0702. The minimum Gasteiger partial charge on any atom is -0.477 e. The van der Waals surface area contributed by atoms with Gasteiger partial charge in [0, 0.05) is 0 Å². The zero-order valence-corrected chi connectivity index (χ0v) is 14.0. The van der Waals surface area contributed by atoms with Gasteiger partial charge in [-0.25, -0.2) is 13.2 Å². The van der Waals surface area contributed by atoms with E-state index < -0.39 is 16.0 Å². The molecule has 0 fully saturated rings. The zero-order chi connectivity index (χ0) is 14.9. The van der Waals surface area contributed by atoms with Gasteiger partial charge in [-0.3, -0.25) is 4.72 Å². The van der Waals surface area contributed by atoms with Crippen LogP contribution < -0.4 is 4.72 Å². The Kier molecular flexibility index (Phi) is 4.42. The van der Waals surface area contributed by atoms with E-state index in [2.05, 4.69) is 30.8 Å². The van der Waals surface area contributed by atoms with Gasteiger partial charge in [-0.2, -0.15) is 0 Å². The highest BCUT2D eigenvalue weighted by molar-refractivity contribution is 9.11. The molecule has 0 amide bonds. The number of carboxylic acid groups (broad SMARTS) is 1. The number of aromatic carboxylic acids is 1. The van der Waals surface area contributed by atoms with Gasteiger partial charge in [-0.1, -0.05) is 18.3 Å². The van der Waals surface area contributed by atoms with E-state index in [1.54, 1.807) is 0 Å². The van der Waals surface area contributed by atoms with Gasteiger partial charge in [0.1, 0.15) is 14.8 Å². The third kappa shape index (κ3) is 3.16. The van der Waals surface area contributed by atoms with E-state index in [0.29, 0.717) is 11.4 Å². The number of thiophene rings is 1. The molecule has 2 heterocycles. The van der Waals surface area contributed by atoms with Crippen LogP contribution in [0.4, 0.5) is 5.13 Å². The average molecular weight is 398 g/mol. The largest absolute Gasteiger partial charge is 0.477 e. The average Bonchev–Trinajstić information content (AvgIpc) is 2.95. The quantitative estimate of drug-likeness (QED) is 0.801. The molecule has 0 aliphatic heterocycles. The number of nitrogens with one attached hydrogen (secondary N) is 1. The fourth-order valence-corrected chi connectivity index (χ4v) is 5.56. The Labute approximate surface area is 130 Å². The van der Waals surface area contributed by atoms with Crippen LogP contribution in [0.3, 0.4) is 0 Å². The van der Waals surface area contributed by atoms with Crippen molar-refractivity contribution in [2.75, 3.05) is 4.72 Å². The Bertz CT molecular complexity index is 752. The second-order valence-corrected chi connectivity index (χ2v) is 8.60. The van der Waals surface area contributed by atoms with Gasteiger partial charge >= 0.3 is 5.97 Å². The SMILES string of the molecule is CCc1nnc(NS(=O)(=O)c2cc(C(=O)O)sc2Br)s1. The summed E-state index contributed by atoms with van der Waals surface area (Å²) >= 11 is 5.02. The molecule has 0 aliphatic rings. The van der Waals surface area contributed by atoms with E-state index in [-0.39, 0.29) is 18.7 Å². The first-order chi connectivity index (χ1) is 9.33. The van der Waals surface area contributed by atoms with Gasteiger partial charge in [-0.05, 0) is 28.4 Å². The van der Waals surface area contributed by atoms with Crippen molar-refractivity contribution < 1.29 is 18.3 Å². The van der Waals surface area contributed by atoms with E-state index in [4.69, 9.17) is 5.11 Å². The minimum atomic E-state index is -3.89. The number of anilines is 1. The first-order valence-electron chi connectivity index (χ1n) is 5.21. The van der Waals surface area contributed by atoms with Crippen LogP contribution in [0, 0.1) is 0 Å². The molecule has 20 heavy (non-hydrogen) atoms. The molecule has 7 nitrogen and oxygen atoms in total. The Morgan fingerprint density at radius 3 is 2.65 bits per heavy atom. The molecule has 0 unspecified atom stereocenters. The van der Waals surface area contributed by atoms with Crippen molar-refractivity contribution in [2.24, 2.45) is 0 Å². The van der Waals surface area contributed by atoms with Crippen LogP contribution in [-0.2, 0) is 16.4 Å². The molecule has 0 spiro atoms. The number of carbonyl (C=O) groups is 1. The van der Waals surface area contributed by atoms with Crippen molar-refractivity contribution in [2.45, 2.75) is 18.2 Å². The van der Waals surface area contributed by atoms with Crippen LogP contribution in [0.2, 0.25) is 0 Å². The number of aromatic nitrogens is 2. The lowest BCUT2D eigenvalue weighted by atomic mass is 10.5. The Balaban J connectivity index is 2.32. The van der Waals surface area contributed by atoms with Crippen molar-refractivity contribution in [3.8, 4) is 0 Å². The van der Waals surface area contributed by atoms with Crippen LogP contribution in [0.25, 0.3) is 0 Å². The summed E-state index contributed by atoms with van der Waals surface area (Å²) in [5.41, 5.74) is 0. The number of hydrogen-bond donors (Lipinski definition) is 2. The lowest BCUT2D eigenvalue weighted by Crippen LogP contribution is -2.12. The molecule has 0 saturated heterocycles. The van der Waals surface area contributed by atoms with Crippen LogP contribution in [0.5, 0.6) is 0 Å². The van der Waals surface area contributed by atoms with Crippen molar-refractivity contribution in [3.63, 3.8) is 0 Å². The van der Waals surface area contributed by atoms with Gasteiger partial charge in [0.2, 0.25) is 5.13 Å². The third-order valence-electron chi connectivity index (χ3n) is 2.15. The van der Waals surface area contributed by atoms with Gasteiger partial charge in [0.15, 0.2) is 0 Å². The van der Waals surface area contributed by atoms with Crippen LogP contribution >= 0.6 is 38.6 Å². The van der Waals surface area contributed by atoms with E-state index in [0.717, 1.165) is 28.7 Å². The molecular weight excluding hydrogens is 390 g/mol. The summed E-state index contributed by atoms with van der Waals surface area (Å²) in [7, 11) is -3.89. The van der Waals surface area contributed by atoms with Gasteiger partial charge in [-0.15, -0.1) is 21.5 Å². The molecule has 11 heteroatoms. The molecule has 108 valence electrons. The fourth-order valence-electron chi connectivity index (χ4n) is 1.25. The number of halogens is 1. The van der Waals surface area contributed by atoms with Crippen molar-refractivity contribution >= 4 is 59.7 Å². The standard InChI is InChI=1S/C9H8BrN3O4S3/c1-2-6-11-12-9(19-6)13-20(16,17)5-3-4(8(14)15)18-7(5)10/h3H,2H2,1H3,(H,12,13)(H,14,15).